The lowest BCUT2D eigenvalue weighted by Crippen LogP contribution is -2.49. The lowest BCUT2D eigenvalue weighted by atomic mass is 10.2. The van der Waals surface area contributed by atoms with E-state index >= 15 is 0 Å². The molecule has 34 heavy (non-hydrogen) atoms. The van der Waals surface area contributed by atoms with Gasteiger partial charge in [0.15, 0.2) is 7.41 Å². The van der Waals surface area contributed by atoms with Gasteiger partial charge in [-0.15, -0.1) is 0 Å². The van der Waals surface area contributed by atoms with E-state index < -0.39 is 25.1 Å². The van der Waals surface area contributed by atoms with E-state index in [-0.39, 0.29) is 30.8 Å². The number of carbonyl (C=O) groups is 2. The largest absolute Gasteiger partial charge is 0.462 e. The Bertz CT molecular complexity index is 730. The molecule has 0 bridgehead atoms. The number of hydrogen-bond donors (Lipinski definition) is 1. The van der Waals surface area contributed by atoms with Gasteiger partial charge in [0.2, 0.25) is 0 Å². The molecular formula is C24H49N4O5P. The van der Waals surface area contributed by atoms with Crippen molar-refractivity contribution in [3.8, 4) is 0 Å². The van der Waals surface area contributed by atoms with Gasteiger partial charge < -0.3 is 14.0 Å². The first-order valence-electron chi connectivity index (χ1n) is 12.1. The number of rotatable bonds is 11. The monoisotopic (exact) mass is 504 g/mol. The quantitative estimate of drug-likeness (QED) is 0.177. The smallest absolute Gasteiger partial charge is 0.428 e. The van der Waals surface area contributed by atoms with Gasteiger partial charge in [0.05, 0.1) is 12.3 Å². The van der Waals surface area contributed by atoms with Gasteiger partial charge in [-0.25, -0.2) is 24.4 Å². The first-order valence-corrected chi connectivity index (χ1v) is 13.7. The minimum absolute atomic E-state index is 0.0457. The molecule has 0 aromatic heterocycles. The van der Waals surface area contributed by atoms with Crippen molar-refractivity contribution in [1.82, 2.24) is 14.8 Å². The highest BCUT2D eigenvalue weighted by Crippen LogP contribution is 2.61. The summed E-state index contributed by atoms with van der Waals surface area (Å²) in [5, 5.41) is 4.59. The average Bonchev–Trinajstić information content (AvgIpc) is 2.63. The zero-order chi connectivity index (χ0) is 27.0. The summed E-state index contributed by atoms with van der Waals surface area (Å²) in [7, 11) is -1.35. The molecule has 0 fully saturated rings. The summed E-state index contributed by atoms with van der Waals surface area (Å²) in [6.45, 7) is 25.6. The van der Waals surface area contributed by atoms with Crippen LogP contribution >= 0.6 is 7.41 Å². The molecule has 10 heteroatoms. The number of hydrogen-bond acceptors (Lipinski definition) is 8. The van der Waals surface area contributed by atoms with Gasteiger partial charge >= 0.3 is 12.1 Å². The van der Waals surface area contributed by atoms with Gasteiger partial charge in [-0.3, -0.25) is 0 Å². The van der Waals surface area contributed by atoms with Crippen molar-refractivity contribution in [2.45, 2.75) is 120 Å². The number of ether oxygens (including phenoxy) is 2. The number of nitrogens with one attached hydrogen (secondary N) is 1. The maximum Gasteiger partial charge on any atom is 0.428 e. The van der Waals surface area contributed by atoms with Crippen molar-refractivity contribution in [3.63, 3.8) is 0 Å². The SMILES string of the molecule is CCOC(=O)C(/C(C)=N/NC(=O)OC(C)(C)C)=P(OC)(N(C(C)C)C(C)C)N(C(C)C)C(C)C. The Balaban J connectivity index is 7.50. The van der Waals surface area contributed by atoms with Crippen molar-refractivity contribution in [1.29, 1.82) is 0 Å². The van der Waals surface area contributed by atoms with Gasteiger partial charge in [-0.2, -0.15) is 5.10 Å². The number of hydrazone groups is 1. The molecule has 1 amide bonds. The molecular weight excluding hydrogens is 455 g/mol. The molecule has 0 radical (unpaired) electrons. The molecule has 1 N–H and O–H groups in total. The summed E-state index contributed by atoms with van der Waals surface area (Å²) >= 11 is 0. The second kappa shape index (κ2) is 13.6. The molecule has 0 spiro atoms. The van der Waals surface area contributed by atoms with Crippen LogP contribution in [0.5, 0.6) is 0 Å². The molecule has 0 rings (SSSR count). The highest BCUT2D eigenvalue weighted by Gasteiger charge is 2.45. The van der Waals surface area contributed by atoms with Crippen LogP contribution in [0.2, 0.25) is 0 Å². The summed E-state index contributed by atoms with van der Waals surface area (Å²) in [6, 6.07) is 0.183. The van der Waals surface area contributed by atoms with Crippen molar-refractivity contribution in [2.24, 2.45) is 5.10 Å². The van der Waals surface area contributed by atoms with Crippen molar-refractivity contribution >= 4 is 30.5 Å². The Labute approximate surface area is 207 Å². The van der Waals surface area contributed by atoms with E-state index in [1.807, 2.05) is 0 Å². The second-order valence-electron chi connectivity index (χ2n) is 10.2. The Kier molecular flexibility index (Phi) is 13.1. The third-order valence-corrected chi connectivity index (χ3v) is 9.51. The minimum Gasteiger partial charge on any atom is -0.462 e. The summed E-state index contributed by atoms with van der Waals surface area (Å²) in [5.74, 6) is -0.512. The van der Waals surface area contributed by atoms with E-state index in [2.05, 4.69) is 75.3 Å². The summed E-state index contributed by atoms with van der Waals surface area (Å²) in [6.07, 6.45) is -0.703. The molecule has 0 saturated carbocycles. The fraction of sp³-hybridized carbons (Fsp3) is 0.833. The number of nitrogens with zero attached hydrogens (tertiary/aromatic N) is 3. The summed E-state index contributed by atoms with van der Waals surface area (Å²) < 4.78 is 21.8. The van der Waals surface area contributed by atoms with Crippen LogP contribution in [0.25, 0.3) is 0 Å². The molecule has 0 aliphatic rings. The maximum atomic E-state index is 13.6. The fourth-order valence-corrected chi connectivity index (χ4v) is 8.77. The van der Waals surface area contributed by atoms with Gasteiger partial charge in [0.1, 0.15) is 10.9 Å². The average molecular weight is 505 g/mol. The van der Waals surface area contributed by atoms with Crippen LogP contribution in [0.15, 0.2) is 5.10 Å². The van der Waals surface area contributed by atoms with Crippen LogP contribution in [-0.4, -0.2) is 75.9 Å². The van der Waals surface area contributed by atoms with E-state index in [1.165, 1.54) is 0 Å². The van der Waals surface area contributed by atoms with E-state index in [4.69, 9.17) is 14.0 Å². The molecule has 0 heterocycles. The topological polar surface area (TPSA) is 92.7 Å². The van der Waals surface area contributed by atoms with Crippen LogP contribution in [0.4, 0.5) is 4.79 Å². The first kappa shape index (κ1) is 32.6. The molecule has 0 saturated heterocycles. The Morgan fingerprint density at radius 3 is 1.62 bits per heavy atom. The minimum atomic E-state index is -2.99. The van der Waals surface area contributed by atoms with Gasteiger partial charge in [0, 0.05) is 31.3 Å². The van der Waals surface area contributed by atoms with Gasteiger partial charge in [0.25, 0.3) is 0 Å². The lowest BCUT2D eigenvalue weighted by Gasteiger charge is -2.52. The highest BCUT2D eigenvalue weighted by atomic mass is 31.2. The molecule has 0 unspecified atom stereocenters. The van der Waals surface area contributed by atoms with Gasteiger partial charge in [-0.1, -0.05) is 0 Å². The van der Waals surface area contributed by atoms with Crippen molar-refractivity contribution < 1.29 is 23.6 Å². The van der Waals surface area contributed by atoms with Crippen LogP contribution in [0.3, 0.4) is 0 Å². The fourth-order valence-electron chi connectivity index (χ4n) is 4.23. The predicted molar refractivity (Wildman–Crippen MR) is 142 cm³/mol. The van der Waals surface area contributed by atoms with E-state index in [9.17, 15) is 9.59 Å². The lowest BCUT2D eigenvalue weighted by molar-refractivity contribution is -0.134. The third-order valence-electron chi connectivity index (χ3n) is 4.81. The molecule has 0 aromatic carbocycles. The van der Waals surface area contributed by atoms with Crippen molar-refractivity contribution in [2.75, 3.05) is 13.7 Å². The van der Waals surface area contributed by atoms with Crippen molar-refractivity contribution in [3.05, 3.63) is 0 Å². The number of amides is 1. The summed E-state index contributed by atoms with van der Waals surface area (Å²) in [5.41, 5.74) is 2.07. The predicted octanol–water partition coefficient (Wildman–Crippen LogP) is 5.27. The van der Waals surface area contributed by atoms with Crippen LogP contribution in [0.1, 0.15) is 90.0 Å². The van der Waals surface area contributed by atoms with E-state index in [1.54, 1.807) is 41.7 Å². The van der Waals surface area contributed by atoms with Gasteiger partial charge in [-0.05, 0) is 90.0 Å². The van der Waals surface area contributed by atoms with Crippen LogP contribution in [-0.2, 0) is 18.8 Å². The van der Waals surface area contributed by atoms with Crippen LogP contribution < -0.4 is 5.43 Å². The highest BCUT2D eigenvalue weighted by molar-refractivity contribution is 7.71. The molecule has 9 nitrogen and oxygen atoms in total. The molecule has 200 valence electrons. The molecule has 0 aliphatic carbocycles. The molecule has 0 aliphatic heterocycles. The molecule has 0 atom stereocenters. The zero-order valence-corrected chi connectivity index (χ0v) is 24.7. The number of carbonyl (C=O) groups excluding carboxylic acids is 2. The normalized spacial score (nSPS) is 13.5. The Morgan fingerprint density at radius 2 is 1.32 bits per heavy atom. The maximum absolute atomic E-state index is 13.6. The summed E-state index contributed by atoms with van der Waals surface area (Å²) in [4.78, 5) is 25.9. The third kappa shape index (κ3) is 8.36. The van der Waals surface area contributed by atoms with E-state index in [0.29, 0.717) is 11.0 Å². The zero-order valence-electron chi connectivity index (χ0n) is 23.8. The number of esters is 1. The standard InChI is InChI=1S/C24H49N4O5P/c1-15-32-22(29)21(20(10)25-26-23(30)33-24(11,12)13)34(31-14,27(16(2)3)17(4)5)28(18(6)7)19(8)9/h16-19H,15H2,1-14H3,(H,26,30)/b25-20+. The first-order chi connectivity index (χ1) is 15.5. The Morgan fingerprint density at radius 1 is 0.912 bits per heavy atom. The van der Waals surface area contributed by atoms with Crippen LogP contribution in [0, 0.1) is 0 Å². The Hall–Kier alpha value is -1.41. The second-order valence-corrected chi connectivity index (χ2v) is 13.1. The van der Waals surface area contributed by atoms with E-state index in [0.717, 1.165) is 0 Å². The molecule has 0 aromatic rings.